The second kappa shape index (κ2) is 6.81. The second-order valence-corrected chi connectivity index (χ2v) is 4.17. The number of aryl methyl sites for hydroxylation is 1. The maximum atomic E-state index is 13.6. The number of rotatable bonds is 6. The van der Waals surface area contributed by atoms with Crippen LogP contribution in [0, 0.1) is 5.82 Å². The van der Waals surface area contributed by atoms with E-state index >= 15 is 0 Å². The van der Waals surface area contributed by atoms with Crippen LogP contribution in [0.1, 0.15) is 12.3 Å². The van der Waals surface area contributed by atoms with Crippen LogP contribution in [0.4, 0.5) is 4.39 Å². The van der Waals surface area contributed by atoms with Crippen molar-refractivity contribution in [1.29, 1.82) is 0 Å². The lowest BCUT2D eigenvalue weighted by molar-refractivity contribution is -0.121. The number of carbonyl (C=O) groups excluding carboxylic acids is 1. The minimum Gasteiger partial charge on any atom is -0.441 e. The molecular formula is C14H15FN2O3. The molecule has 20 heavy (non-hydrogen) atoms. The SMILES string of the molecule is O=C(CCc1ncc(-c2ccccc2F)o1)NCCO. The van der Waals surface area contributed by atoms with Gasteiger partial charge in [0.1, 0.15) is 5.82 Å². The topological polar surface area (TPSA) is 75.4 Å². The van der Waals surface area contributed by atoms with Crippen molar-refractivity contribution in [3.05, 3.63) is 42.2 Å². The molecule has 1 aromatic carbocycles. The van der Waals surface area contributed by atoms with E-state index in [-0.39, 0.29) is 31.3 Å². The molecule has 0 spiro atoms. The van der Waals surface area contributed by atoms with Crippen molar-refractivity contribution < 1.29 is 18.7 Å². The standard InChI is InChI=1S/C14H15FN2O3/c15-11-4-2-1-3-10(11)12-9-17-14(20-12)6-5-13(19)16-7-8-18/h1-4,9,18H,5-8H2,(H,16,19). The third kappa shape index (κ3) is 3.64. The van der Waals surface area contributed by atoms with Gasteiger partial charge in [0.15, 0.2) is 11.7 Å². The third-order valence-corrected chi connectivity index (χ3v) is 2.69. The summed E-state index contributed by atoms with van der Waals surface area (Å²) in [5, 5.41) is 11.1. The van der Waals surface area contributed by atoms with Crippen LogP contribution in [0.5, 0.6) is 0 Å². The predicted molar refractivity (Wildman–Crippen MR) is 70.3 cm³/mol. The fourth-order valence-electron chi connectivity index (χ4n) is 1.72. The summed E-state index contributed by atoms with van der Waals surface area (Å²) in [4.78, 5) is 15.4. The Kier molecular flexibility index (Phi) is 4.84. The molecule has 6 heteroatoms. The van der Waals surface area contributed by atoms with Crippen molar-refractivity contribution in [3.8, 4) is 11.3 Å². The number of nitrogens with zero attached hydrogens (tertiary/aromatic N) is 1. The lowest BCUT2D eigenvalue weighted by Gasteiger charge is -2.01. The summed E-state index contributed by atoms with van der Waals surface area (Å²) in [5.74, 6) is 0.150. The van der Waals surface area contributed by atoms with Crippen molar-refractivity contribution in [3.63, 3.8) is 0 Å². The van der Waals surface area contributed by atoms with Crippen LogP contribution < -0.4 is 5.32 Å². The zero-order valence-electron chi connectivity index (χ0n) is 10.8. The number of aliphatic hydroxyl groups is 1. The summed E-state index contributed by atoms with van der Waals surface area (Å²) in [6.07, 6.45) is 1.97. The monoisotopic (exact) mass is 278 g/mol. The Bertz CT molecular complexity index is 583. The Labute approximate surface area is 115 Å². The molecule has 0 aliphatic rings. The Morgan fingerprint density at radius 1 is 1.40 bits per heavy atom. The van der Waals surface area contributed by atoms with E-state index in [0.29, 0.717) is 23.6 Å². The highest BCUT2D eigenvalue weighted by Gasteiger charge is 2.11. The van der Waals surface area contributed by atoms with E-state index in [2.05, 4.69) is 10.3 Å². The maximum Gasteiger partial charge on any atom is 0.220 e. The Morgan fingerprint density at radius 2 is 2.20 bits per heavy atom. The highest BCUT2D eigenvalue weighted by atomic mass is 19.1. The number of benzene rings is 1. The summed E-state index contributed by atoms with van der Waals surface area (Å²) >= 11 is 0. The van der Waals surface area contributed by atoms with Gasteiger partial charge in [0.05, 0.1) is 18.4 Å². The van der Waals surface area contributed by atoms with Crippen molar-refractivity contribution in [1.82, 2.24) is 10.3 Å². The molecule has 0 bridgehead atoms. The van der Waals surface area contributed by atoms with Gasteiger partial charge in [0.25, 0.3) is 0 Å². The number of hydrogen-bond acceptors (Lipinski definition) is 4. The van der Waals surface area contributed by atoms with E-state index in [1.54, 1.807) is 18.2 Å². The van der Waals surface area contributed by atoms with Gasteiger partial charge < -0.3 is 14.8 Å². The summed E-state index contributed by atoms with van der Waals surface area (Å²) in [6, 6.07) is 6.26. The number of amides is 1. The molecule has 1 aromatic heterocycles. The van der Waals surface area contributed by atoms with Crippen LogP contribution in [0.25, 0.3) is 11.3 Å². The van der Waals surface area contributed by atoms with Crippen molar-refractivity contribution in [2.75, 3.05) is 13.2 Å². The first-order valence-corrected chi connectivity index (χ1v) is 6.28. The molecule has 0 saturated carbocycles. The van der Waals surface area contributed by atoms with E-state index in [1.807, 2.05) is 0 Å². The molecule has 1 heterocycles. The van der Waals surface area contributed by atoms with Gasteiger partial charge in [-0.25, -0.2) is 9.37 Å². The summed E-state index contributed by atoms with van der Waals surface area (Å²) in [5.41, 5.74) is 0.344. The van der Waals surface area contributed by atoms with Crippen LogP contribution in [0.15, 0.2) is 34.9 Å². The van der Waals surface area contributed by atoms with E-state index in [4.69, 9.17) is 9.52 Å². The van der Waals surface area contributed by atoms with Gasteiger partial charge in [-0.05, 0) is 12.1 Å². The summed E-state index contributed by atoms with van der Waals surface area (Å²) in [6.45, 7) is 0.132. The average molecular weight is 278 g/mol. The molecule has 0 unspecified atom stereocenters. The molecule has 2 N–H and O–H groups in total. The van der Waals surface area contributed by atoms with E-state index < -0.39 is 0 Å². The first kappa shape index (κ1) is 14.2. The van der Waals surface area contributed by atoms with Gasteiger partial charge in [-0.2, -0.15) is 0 Å². The molecule has 0 saturated heterocycles. The number of nitrogens with one attached hydrogen (secondary N) is 1. The zero-order valence-corrected chi connectivity index (χ0v) is 10.8. The smallest absolute Gasteiger partial charge is 0.220 e. The summed E-state index contributed by atoms with van der Waals surface area (Å²) in [7, 11) is 0. The lowest BCUT2D eigenvalue weighted by atomic mass is 10.2. The van der Waals surface area contributed by atoms with Gasteiger partial charge in [0.2, 0.25) is 5.91 Å². The highest BCUT2D eigenvalue weighted by Crippen LogP contribution is 2.23. The Hall–Kier alpha value is -2.21. The summed E-state index contributed by atoms with van der Waals surface area (Å²) < 4.78 is 19.0. The van der Waals surface area contributed by atoms with Gasteiger partial charge in [-0.1, -0.05) is 12.1 Å². The average Bonchev–Trinajstić information content (AvgIpc) is 2.92. The lowest BCUT2D eigenvalue weighted by Crippen LogP contribution is -2.26. The van der Waals surface area contributed by atoms with Crippen LogP contribution in [-0.2, 0) is 11.2 Å². The maximum absolute atomic E-state index is 13.6. The molecule has 5 nitrogen and oxygen atoms in total. The fourth-order valence-corrected chi connectivity index (χ4v) is 1.72. The van der Waals surface area contributed by atoms with Crippen molar-refractivity contribution in [2.45, 2.75) is 12.8 Å². The number of halogens is 1. The molecule has 2 aromatic rings. The van der Waals surface area contributed by atoms with E-state index in [1.165, 1.54) is 12.3 Å². The minimum absolute atomic E-state index is 0.0951. The molecule has 0 fully saturated rings. The Balaban J connectivity index is 1.96. The molecule has 106 valence electrons. The largest absolute Gasteiger partial charge is 0.441 e. The number of hydrogen-bond donors (Lipinski definition) is 2. The third-order valence-electron chi connectivity index (χ3n) is 2.69. The number of aliphatic hydroxyl groups excluding tert-OH is 1. The second-order valence-electron chi connectivity index (χ2n) is 4.17. The van der Waals surface area contributed by atoms with Crippen molar-refractivity contribution >= 4 is 5.91 Å². The van der Waals surface area contributed by atoms with Crippen LogP contribution in [-0.4, -0.2) is 29.1 Å². The molecule has 0 atom stereocenters. The first-order chi connectivity index (χ1) is 9.70. The number of aromatic nitrogens is 1. The van der Waals surface area contributed by atoms with Gasteiger partial charge in [0, 0.05) is 19.4 Å². The van der Waals surface area contributed by atoms with Crippen LogP contribution >= 0.6 is 0 Å². The van der Waals surface area contributed by atoms with Crippen LogP contribution in [0.2, 0.25) is 0 Å². The fraction of sp³-hybridized carbons (Fsp3) is 0.286. The van der Waals surface area contributed by atoms with Crippen LogP contribution in [0.3, 0.4) is 0 Å². The van der Waals surface area contributed by atoms with Gasteiger partial charge in [-0.15, -0.1) is 0 Å². The minimum atomic E-state index is -0.379. The van der Waals surface area contributed by atoms with E-state index in [9.17, 15) is 9.18 Å². The Morgan fingerprint density at radius 3 is 2.95 bits per heavy atom. The molecule has 0 aliphatic carbocycles. The number of oxazole rings is 1. The van der Waals surface area contributed by atoms with Gasteiger partial charge >= 0.3 is 0 Å². The first-order valence-electron chi connectivity index (χ1n) is 6.28. The molecule has 0 aliphatic heterocycles. The van der Waals surface area contributed by atoms with Gasteiger partial charge in [-0.3, -0.25) is 4.79 Å². The number of carbonyl (C=O) groups is 1. The molecule has 1 amide bonds. The highest BCUT2D eigenvalue weighted by molar-refractivity contribution is 5.76. The molecular weight excluding hydrogens is 263 g/mol. The van der Waals surface area contributed by atoms with Crippen molar-refractivity contribution in [2.24, 2.45) is 0 Å². The zero-order chi connectivity index (χ0) is 14.4. The normalized spacial score (nSPS) is 10.5. The predicted octanol–water partition coefficient (Wildman–Crippen LogP) is 1.52. The molecule has 0 radical (unpaired) electrons. The quantitative estimate of drug-likeness (QED) is 0.840. The van der Waals surface area contributed by atoms with E-state index in [0.717, 1.165) is 0 Å². The molecule has 2 rings (SSSR count).